The van der Waals surface area contributed by atoms with E-state index in [1.54, 1.807) is 0 Å². The fraction of sp³-hybridized carbons (Fsp3) is 0.211. The highest BCUT2D eigenvalue weighted by Crippen LogP contribution is 2.14. The summed E-state index contributed by atoms with van der Waals surface area (Å²) in [7, 11) is 1.12. The van der Waals surface area contributed by atoms with Crippen LogP contribution in [0.5, 0.6) is 0 Å². The summed E-state index contributed by atoms with van der Waals surface area (Å²) in [6.45, 7) is 2.07. The molecule has 0 radical (unpaired) electrons. The predicted octanol–water partition coefficient (Wildman–Crippen LogP) is 1.68. The van der Waals surface area contributed by atoms with Gasteiger partial charge in [0, 0.05) is 18.8 Å². The molecule has 0 aliphatic carbocycles. The molecule has 11 nitrogen and oxygen atoms in total. The zero-order valence-corrected chi connectivity index (χ0v) is 17.3. The number of methoxy groups -OCH3 is 1. The van der Waals surface area contributed by atoms with Crippen LogP contribution < -0.4 is 10.9 Å². The third-order valence-corrected chi connectivity index (χ3v) is 5.13. The maximum atomic E-state index is 12.3. The molecular formula is C19H17N5O6S. The molecule has 0 aliphatic heterocycles. The van der Waals surface area contributed by atoms with Crippen molar-refractivity contribution in [1.29, 1.82) is 0 Å². The van der Waals surface area contributed by atoms with E-state index in [4.69, 9.17) is 0 Å². The number of aromatic nitrogens is 3. The maximum Gasteiger partial charge on any atom is 0.339 e. The zero-order valence-electron chi connectivity index (χ0n) is 16.5. The number of pyridine rings is 1. The van der Waals surface area contributed by atoms with E-state index in [9.17, 15) is 24.5 Å². The summed E-state index contributed by atoms with van der Waals surface area (Å²) < 4.78 is 5.52. The van der Waals surface area contributed by atoms with Gasteiger partial charge in [0.2, 0.25) is 5.01 Å². The first kappa shape index (κ1) is 21.8. The van der Waals surface area contributed by atoms with Gasteiger partial charge in [-0.1, -0.05) is 41.2 Å². The number of nitrogens with zero attached hydrogens (tertiary/aromatic N) is 4. The van der Waals surface area contributed by atoms with Crippen LogP contribution in [0.25, 0.3) is 0 Å². The van der Waals surface area contributed by atoms with Crippen LogP contribution in [-0.2, 0) is 17.8 Å². The average Bonchev–Trinajstić information content (AvgIpc) is 3.22. The summed E-state index contributed by atoms with van der Waals surface area (Å²) in [4.78, 5) is 46.7. The van der Waals surface area contributed by atoms with E-state index in [1.165, 1.54) is 0 Å². The standard InChI is InChI=1S/C19H17N5O6S/c1-11-3-5-12(6-4-11)8-20-16(25)17-22-21-15(31-17)10-23-9-13(19(27)30-2)7-14(18(23)26)24(28)29/h3-7,9H,8,10H2,1-2H3,(H,20,25). The molecule has 31 heavy (non-hydrogen) atoms. The molecule has 0 saturated heterocycles. The van der Waals surface area contributed by atoms with Crippen LogP contribution in [-0.4, -0.2) is 38.7 Å². The molecule has 160 valence electrons. The van der Waals surface area contributed by atoms with Gasteiger partial charge in [-0.05, 0) is 12.5 Å². The summed E-state index contributed by atoms with van der Waals surface area (Å²) >= 11 is 0.936. The van der Waals surface area contributed by atoms with E-state index < -0.39 is 28.0 Å². The first-order chi connectivity index (χ1) is 14.8. The van der Waals surface area contributed by atoms with Crippen LogP contribution in [0.4, 0.5) is 5.69 Å². The number of benzene rings is 1. The van der Waals surface area contributed by atoms with Crippen molar-refractivity contribution in [3.63, 3.8) is 0 Å². The number of nitro groups is 1. The number of aryl methyl sites for hydroxylation is 1. The van der Waals surface area contributed by atoms with Crippen molar-refractivity contribution in [3.05, 3.63) is 83.7 Å². The lowest BCUT2D eigenvalue weighted by molar-refractivity contribution is -0.386. The normalized spacial score (nSPS) is 10.5. The van der Waals surface area contributed by atoms with E-state index in [2.05, 4.69) is 20.3 Å². The molecule has 1 amide bonds. The number of rotatable bonds is 7. The first-order valence-corrected chi connectivity index (χ1v) is 9.73. The van der Waals surface area contributed by atoms with Crippen molar-refractivity contribution in [2.75, 3.05) is 7.11 Å². The quantitative estimate of drug-likeness (QED) is 0.330. The molecule has 0 fully saturated rings. The van der Waals surface area contributed by atoms with Crippen LogP contribution in [0.15, 0.2) is 41.3 Å². The zero-order chi connectivity index (χ0) is 22.5. The number of ether oxygens (including phenoxy) is 1. The van der Waals surface area contributed by atoms with Gasteiger partial charge in [-0.2, -0.15) is 0 Å². The SMILES string of the molecule is COC(=O)c1cc([N+](=O)[O-])c(=O)n(Cc2nnc(C(=O)NCc3ccc(C)cc3)s2)c1. The molecule has 3 aromatic rings. The summed E-state index contributed by atoms with van der Waals surface area (Å²) in [5.41, 5.74) is 0.175. The number of amides is 1. The lowest BCUT2D eigenvalue weighted by Crippen LogP contribution is -2.24. The number of nitrogens with one attached hydrogen (secondary N) is 1. The van der Waals surface area contributed by atoms with Gasteiger partial charge in [0.25, 0.3) is 5.91 Å². The smallest absolute Gasteiger partial charge is 0.339 e. The molecule has 2 aromatic heterocycles. The van der Waals surface area contributed by atoms with Gasteiger partial charge in [-0.25, -0.2) is 4.79 Å². The Hall–Kier alpha value is -3.93. The fourth-order valence-electron chi connectivity index (χ4n) is 2.62. The minimum absolute atomic E-state index is 0.0776. The second-order valence-corrected chi connectivity index (χ2v) is 7.53. The van der Waals surface area contributed by atoms with E-state index in [0.717, 1.165) is 46.4 Å². The molecule has 0 saturated carbocycles. The van der Waals surface area contributed by atoms with Gasteiger partial charge in [-0.3, -0.25) is 19.7 Å². The summed E-state index contributed by atoms with van der Waals surface area (Å²) in [5.74, 6) is -1.27. The average molecular weight is 443 g/mol. The summed E-state index contributed by atoms with van der Waals surface area (Å²) in [6, 6.07) is 8.52. The molecule has 0 bridgehead atoms. The van der Waals surface area contributed by atoms with E-state index in [0.29, 0.717) is 6.54 Å². The van der Waals surface area contributed by atoms with Crippen molar-refractivity contribution in [2.45, 2.75) is 20.0 Å². The Balaban J connectivity index is 1.77. The Morgan fingerprint density at radius 3 is 2.61 bits per heavy atom. The van der Waals surface area contributed by atoms with Crippen molar-refractivity contribution < 1.29 is 19.2 Å². The van der Waals surface area contributed by atoms with Crippen molar-refractivity contribution in [1.82, 2.24) is 20.1 Å². The van der Waals surface area contributed by atoms with Crippen LogP contribution in [0.2, 0.25) is 0 Å². The van der Waals surface area contributed by atoms with E-state index in [1.807, 2.05) is 31.2 Å². The molecule has 1 aromatic carbocycles. The number of hydrogen-bond acceptors (Lipinski definition) is 9. The lowest BCUT2D eigenvalue weighted by Gasteiger charge is -2.06. The fourth-order valence-corrected chi connectivity index (χ4v) is 3.37. The molecule has 1 N–H and O–H groups in total. The highest BCUT2D eigenvalue weighted by molar-refractivity contribution is 7.13. The summed E-state index contributed by atoms with van der Waals surface area (Å²) in [6.07, 6.45) is 1.14. The van der Waals surface area contributed by atoms with Gasteiger partial charge in [0.15, 0.2) is 0 Å². The molecule has 0 unspecified atom stereocenters. The Morgan fingerprint density at radius 2 is 1.97 bits per heavy atom. The topological polar surface area (TPSA) is 146 Å². The predicted molar refractivity (Wildman–Crippen MR) is 110 cm³/mol. The van der Waals surface area contributed by atoms with E-state index in [-0.39, 0.29) is 22.1 Å². The molecule has 0 aliphatic rings. The molecular weight excluding hydrogens is 426 g/mol. The van der Waals surface area contributed by atoms with Gasteiger partial charge < -0.3 is 14.6 Å². The number of hydrogen-bond donors (Lipinski definition) is 1. The van der Waals surface area contributed by atoms with Crippen molar-refractivity contribution >= 4 is 28.9 Å². The molecule has 12 heteroatoms. The highest BCUT2D eigenvalue weighted by atomic mass is 32.1. The minimum atomic E-state index is -0.918. The Kier molecular flexibility index (Phi) is 6.50. The van der Waals surface area contributed by atoms with Crippen LogP contribution >= 0.6 is 11.3 Å². The molecule has 2 heterocycles. The highest BCUT2D eigenvalue weighted by Gasteiger charge is 2.21. The maximum absolute atomic E-state index is 12.3. The third-order valence-electron chi connectivity index (χ3n) is 4.23. The lowest BCUT2D eigenvalue weighted by atomic mass is 10.1. The second-order valence-electron chi connectivity index (χ2n) is 6.46. The van der Waals surface area contributed by atoms with Crippen LogP contribution in [0, 0.1) is 17.0 Å². The summed E-state index contributed by atoms with van der Waals surface area (Å²) in [5, 5.41) is 21.9. The van der Waals surface area contributed by atoms with Crippen molar-refractivity contribution in [2.24, 2.45) is 0 Å². The Morgan fingerprint density at radius 1 is 1.26 bits per heavy atom. The molecule has 0 atom stereocenters. The number of carbonyl (C=O) groups is 2. The van der Waals surface area contributed by atoms with Crippen LogP contribution in [0.3, 0.4) is 0 Å². The molecule has 0 spiro atoms. The van der Waals surface area contributed by atoms with Crippen molar-refractivity contribution in [3.8, 4) is 0 Å². The van der Waals surface area contributed by atoms with Gasteiger partial charge >= 0.3 is 17.2 Å². The van der Waals surface area contributed by atoms with E-state index >= 15 is 0 Å². The van der Waals surface area contributed by atoms with Gasteiger partial charge in [0.05, 0.1) is 24.1 Å². The number of esters is 1. The van der Waals surface area contributed by atoms with Gasteiger partial charge in [0.1, 0.15) is 5.01 Å². The monoisotopic (exact) mass is 443 g/mol. The second kappa shape index (κ2) is 9.26. The third kappa shape index (κ3) is 5.17. The number of carbonyl (C=O) groups excluding carboxylic acids is 2. The first-order valence-electron chi connectivity index (χ1n) is 8.92. The molecule has 3 rings (SSSR count). The minimum Gasteiger partial charge on any atom is -0.465 e. The Labute approximate surface area is 179 Å². The largest absolute Gasteiger partial charge is 0.465 e. The van der Waals surface area contributed by atoms with Gasteiger partial charge in [-0.15, -0.1) is 10.2 Å². The van der Waals surface area contributed by atoms with Crippen LogP contribution in [0.1, 0.15) is 36.3 Å². The Bertz CT molecular complexity index is 1200.